The summed E-state index contributed by atoms with van der Waals surface area (Å²) < 4.78 is 0. The van der Waals surface area contributed by atoms with Crippen molar-refractivity contribution in [3.8, 4) is 0 Å². The van der Waals surface area contributed by atoms with Gasteiger partial charge in [0.15, 0.2) is 0 Å². The second-order valence-electron chi connectivity index (χ2n) is 5.44. The van der Waals surface area contributed by atoms with E-state index in [-0.39, 0.29) is 18.1 Å². The first-order valence-electron chi connectivity index (χ1n) is 6.95. The van der Waals surface area contributed by atoms with Crippen LogP contribution >= 0.6 is 0 Å². The van der Waals surface area contributed by atoms with E-state index in [0.717, 1.165) is 25.7 Å². The predicted octanol–water partition coefficient (Wildman–Crippen LogP) is 0.938. The minimum Gasteiger partial charge on any atom is -0.393 e. The Morgan fingerprint density at radius 3 is 2.29 bits per heavy atom. The Morgan fingerprint density at radius 2 is 1.65 bits per heavy atom. The summed E-state index contributed by atoms with van der Waals surface area (Å²) in [7, 11) is 0. The summed E-state index contributed by atoms with van der Waals surface area (Å²) in [5, 5.41) is 15.8. The molecule has 2 aliphatic rings. The SMILES string of the molecule is O=C(CNC1CCCC1)NC1CCC(O)CC1. The summed E-state index contributed by atoms with van der Waals surface area (Å²) in [6.45, 7) is 0.448. The van der Waals surface area contributed by atoms with Crippen molar-refractivity contribution in [1.82, 2.24) is 10.6 Å². The van der Waals surface area contributed by atoms with Crippen molar-refractivity contribution < 1.29 is 9.90 Å². The fraction of sp³-hybridized carbons (Fsp3) is 0.923. The van der Waals surface area contributed by atoms with E-state index in [1.807, 2.05) is 0 Å². The van der Waals surface area contributed by atoms with Gasteiger partial charge in [-0.25, -0.2) is 0 Å². The van der Waals surface area contributed by atoms with Crippen LogP contribution in [-0.2, 0) is 4.79 Å². The van der Waals surface area contributed by atoms with Gasteiger partial charge in [-0.1, -0.05) is 12.8 Å². The van der Waals surface area contributed by atoms with Crippen molar-refractivity contribution in [3.63, 3.8) is 0 Å². The molecule has 0 unspecified atom stereocenters. The highest BCUT2D eigenvalue weighted by Crippen LogP contribution is 2.18. The van der Waals surface area contributed by atoms with Crippen LogP contribution < -0.4 is 10.6 Å². The van der Waals surface area contributed by atoms with Gasteiger partial charge in [0.1, 0.15) is 0 Å². The van der Waals surface area contributed by atoms with Crippen molar-refractivity contribution in [1.29, 1.82) is 0 Å². The third kappa shape index (κ3) is 4.28. The van der Waals surface area contributed by atoms with Gasteiger partial charge in [0, 0.05) is 12.1 Å². The zero-order valence-electron chi connectivity index (χ0n) is 10.5. The second-order valence-corrected chi connectivity index (χ2v) is 5.44. The molecule has 17 heavy (non-hydrogen) atoms. The van der Waals surface area contributed by atoms with Crippen LogP contribution in [0.15, 0.2) is 0 Å². The Kier molecular flexibility index (Phi) is 4.80. The summed E-state index contributed by atoms with van der Waals surface area (Å²) >= 11 is 0. The Labute approximate surface area is 103 Å². The molecule has 0 aromatic carbocycles. The Hall–Kier alpha value is -0.610. The van der Waals surface area contributed by atoms with Crippen LogP contribution in [-0.4, -0.2) is 35.7 Å². The van der Waals surface area contributed by atoms with Crippen molar-refractivity contribution in [2.45, 2.75) is 69.6 Å². The zero-order valence-corrected chi connectivity index (χ0v) is 10.5. The minimum atomic E-state index is -0.153. The van der Waals surface area contributed by atoms with E-state index in [2.05, 4.69) is 10.6 Å². The third-order valence-corrected chi connectivity index (χ3v) is 3.97. The summed E-state index contributed by atoms with van der Waals surface area (Å²) in [6, 6.07) is 0.824. The van der Waals surface area contributed by atoms with E-state index in [1.54, 1.807) is 0 Å². The molecule has 98 valence electrons. The lowest BCUT2D eigenvalue weighted by molar-refractivity contribution is -0.121. The van der Waals surface area contributed by atoms with E-state index in [0.29, 0.717) is 12.6 Å². The average molecular weight is 240 g/mol. The molecule has 0 aromatic heterocycles. The average Bonchev–Trinajstić information content (AvgIpc) is 2.83. The largest absolute Gasteiger partial charge is 0.393 e. The number of hydrogen-bond donors (Lipinski definition) is 3. The molecule has 0 atom stereocenters. The lowest BCUT2D eigenvalue weighted by atomic mass is 9.93. The number of carbonyl (C=O) groups is 1. The van der Waals surface area contributed by atoms with Crippen LogP contribution in [0.3, 0.4) is 0 Å². The molecule has 3 N–H and O–H groups in total. The van der Waals surface area contributed by atoms with E-state index in [1.165, 1.54) is 25.7 Å². The molecule has 0 radical (unpaired) electrons. The fourth-order valence-corrected chi connectivity index (χ4v) is 2.87. The van der Waals surface area contributed by atoms with Crippen molar-refractivity contribution in [2.24, 2.45) is 0 Å². The van der Waals surface area contributed by atoms with Crippen LogP contribution in [0.2, 0.25) is 0 Å². The standard InChI is InChI=1S/C13H24N2O2/c16-12-7-5-11(6-8-12)15-13(17)9-14-10-3-1-2-4-10/h10-12,14,16H,1-9H2,(H,15,17). The van der Waals surface area contributed by atoms with Gasteiger partial charge in [-0.05, 0) is 38.5 Å². The molecule has 0 aromatic rings. The van der Waals surface area contributed by atoms with Gasteiger partial charge >= 0.3 is 0 Å². The van der Waals surface area contributed by atoms with Crippen LogP contribution in [0.5, 0.6) is 0 Å². The lowest BCUT2D eigenvalue weighted by Crippen LogP contribution is -2.44. The Balaban J connectivity index is 1.60. The van der Waals surface area contributed by atoms with E-state index in [4.69, 9.17) is 0 Å². The highest BCUT2D eigenvalue weighted by Gasteiger charge is 2.21. The molecule has 0 bridgehead atoms. The van der Waals surface area contributed by atoms with Gasteiger partial charge in [0.05, 0.1) is 12.6 Å². The molecule has 1 amide bonds. The van der Waals surface area contributed by atoms with Gasteiger partial charge in [0.2, 0.25) is 5.91 Å². The van der Waals surface area contributed by atoms with Crippen molar-refractivity contribution in [3.05, 3.63) is 0 Å². The van der Waals surface area contributed by atoms with E-state index in [9.17, 15) is 9.90 Å². The molecule has 4 nitrogen and oxygen atoms in total. The molecule has 0 aliphatic heterocycles. The molecule has 0 saturated heterocycles. The summed E-state index contributed by atoms with van der Waals surface area (Å²) in [6.07, 6.45) is 8.32. The molecule has 4 heteroatoms. The smallest absolute Gasteiger partial charge is 0.234 e. The van der Waals surface area contributed by atoms with Crippen LogP contribution in [0.4, 0.5) is 0 Å². The van der Waals surface area contributed by atoms with Crippen molar-refractivity contribution >= 4 is 5.91 Å². The van der Waals surface area contributed by atoms with Crippen LogP contribution in [0.25, 0.3) is 0 Å². The van der Waals surface area contributed by atoms with Gasteiger partial charge in [-0.3, -0.25) is 4.79 Å². The molecule has 0 heterocycles. The van der Waals surface area contributed by atoms with Gasteiger partial charge in [-0.15, -0.1) is 0 Å². The molecule has 0 spiro atoms. The molecule has 2 fully saturated rings. The number of rotatable bonds is 4. The normalized spacial score (nSPS) is 30.4. The quantitative estimate of drug-likeness (QED) is 0.685. The first kappa shape index (κ1) is 12.8. The lowest BCUT2D eigenvalue weighted by Gasteiger charge is -2.26. The van der Waals surface area contributed by atoms with Crippen LogP contribution in [0, 0.1) is 0 Å². The molecular weight excluding hydrogens is 216 g/mol. The highest BCUT2D eigenvalue weighted by molar-refractivity contribution is 5.78. The second kappa shape index (κ2) is 6.36. The summed E-state index contributed by atoms with van der Waals surface area (Å²) in [4.78, 5) is 11.7. The Morgan fingerprint density at radius 1 is 1.00 bits per heavy atom. The monoisotopic (exact) mass is 240 g/mol. The third-order valence-electron chi connectivity index (χ3n) is 3.97. The topological polar surface area (TPSA) is 61.4 Å². The number of nitrogens with one attached hydrogen (secondary N) is 2. The van der Waals surface area contributed by atoms with Gasteiger partial charge in [0.25, 0.3) is 0 Å². The number of hydrogen-bond acceptors (Lipinski definition) is 3. The maximum absolute atomic E-state index is 11.7. The van der Waals surface area contributed by atoms with Crippen molar-refractivity contribution in [2.75, 3.05) is 6.54 Å². The first-order valence-corrected chi connectivity index (χ1v) is 6.95. The van der Waals surface area contributed by atoms with Crippen LogP contribution in [0.1, 0.15) is 51.4 Å². The maximum Gasteiger partial charge on any atom is 0.234 e. The van der Waals surface area contributed by atoms with Gasteiger partial charge < -0.3 is 15.7 Å². The highest BCUT2D eigenvalue weighted by atomic mass is 16.3. The predicted molar refractivity (Wildman–Crippen MR) is 66.7 cm³/mol. The summed E-state index contributed by atoms with van der Waals surface area (Å²) in [5.41, 5.74) is 0. The molecular formula is C13H24N2O2. The maximum atomic E-state index is 11.7. The number of amides is 1. The number of carbonyl (C=O) groups excluding carboxylic acids is 1. The molecule has 2 aliphatic carbocycles. The van der Waals surface area contributed by atoms with E-state index < -0.39 is 0 Å². The number of aliphatic hydroxyl groups is 1. The van der Waals surface area contributed by atoms with Gasteiger partial charge in [-0.2, -0.15) is 0 Å². The molecule has 2 rings (SSSR count). The fourth-order valence-electron chi connectivity index (χ4n) is 2.87. The summed E-state index contributed by atoms with van der Waals surface area (Å²) in [5.74, 6) is 0.110. The Bertz CT molecular complexity index is 244. The first-order chi connectivity index (χ1) is 8.24. The zero-order chi connectivity index (χ0) is 12.1. The molecule has 2 saturated carbocycles. The van der Waals surface area contributed by atoms with E-state index >= 15 is 0 Å². The number of aliphatic hydroxyl groups excluding tert-OH is 1. The minimum absolute atomic E-state index is 0.110.